The van der Waals surface area contributed by atoms with E-state index in [4.69, 9.17) is 5.11 Å². The third kappa shape index (κ3) is 3.59. The predicted molar refractivity (Wildman–Crippen MR) is 51.6 cm³/mol. The molecule has 0 radical (unpaired) electrons. The second-order valence-electron chi connectivity index (χ2n) is 3.59. The molecule has 0 aromatic carbocycles. The predicted octanol–water partition coefficient (Wildman–Crippen LogP) is 1.41. The first-order valence-electron chi connectivity index (χ1n) is 4.81. The van der Waals surface area contributed by atoms with E-state index in [9.17, 15) is 4.79 Å². The highest BCUT2D eigenvalue weighted by molar-refractivity contribution is 5.69. The molecule has 2 N–H and O–H groups in total. The van der Waals surface area contributed by atoms with Crippen molar-refractivity contribution in [3.63, 3.8) is 0 Å². The average molecular weight is 183 g/mol. The zero-order chi connectivity index (χ0) is 9.68. The first-order chi connectivity index (χ1) is 6.20. The van der Waals surface area contributed by atoms with E-state index in [0.717, 1.165) is 32.4 Å². The van der Waals surface area contributed by atoms with Crippen molar-refractivity contribution < 1.29 is 9.90 Å². The van der Waals surface area contributed by atoms with Crippen LogP contribution in [0.4, 0.5) is 0 Å². The Morgan fingerprint density at radius 1 is 1.77 bits per heavy atom. The van der Waals surface area contributed by atoms with E-state index >= 15 is 0 Å². The molecule has 3 nitrogen and oxygen atoms in total. The number of hydrogen-bond acceptors (Lipinski definition) is 2. The molecule has 1 aliphatic heterocycles. The molecule has 0 amide bonds. The highest BCUT2D eigenvalue weighted by Crippen LogP contribution is 2.16. The van der Waals surface area contributed by atoms with Gasteiger partial charge in [0, 0.05) is 6.54 Å². The molecular formula is C10H17NO2. The lowest BCUT2D eigenvalue weighted by molar-refractivity contribution is -0.141. The molecular weight excluding hydrogens is 166 g/mol. The first-order valence-corrected chi connectivity index (χ1v) is 4.81. The minimum Gasteiger partial charge on any atom is -0.481 e. The van der Waals surface area contributed by atoms with E-state index in [1.807, 2.05) is 0 Å². The maximum absolute atomic E-state index is 10.5. The fourth-order valence-electron chi connectivity index (χ4n) is 1.42. The fourth-order valence-corrected chi connectivity index (χ4v) is 1.42. The summed E-state index contributed by atoms with van der Waals surface area (Å²) >= 11 is 0. The van der Waals surface area contributed by atoms with Crippen LogP contribution in [0.3, 0.4) is 0 Å². The van der Waals surface area contributed by atoms with Crippen molar-refractivity contribution in [1.29, 1.82) is 0 Å². The Kier molecular flexibility index (Phi) is 3.96. The van der Waals surface area contributed by atoms with Gasteiger partial charge < -0.3 is 10.4 Å². The van der Waals surface area contributed by atoms with Crippen molar-refractivity contribution in [3.8, 4) is 0 Å². The summed E-state index contributed by atoms with van der Waals surface area (Å²) in [6.45, 7) is 3.74. The van der Waals surface area contributed by atoms with Crippen LogP contribution < -0.4 is 5.32 Å². The molecule has 1 atom stereocenters. The van der Waals surface area contributed by atoms with Gasteiger partial charge in [0.2, 0.25) is 0 Å². The van der Waals surface area contributed by atoms with Crippen molar-refractivity contribution in [2.24, 2.45) is 5.92 Å². The summed E-state index contributed by atoms with van der Waals surface area (Å²) < 4.78 is 0. The van der Waals surface area contributed by atoms with Crippen LogP contribution in [0.5, 0.6) is 0 Å². The summed E-state index contributed by atoms with van der Waals surface area (Å²) in [6.07, 6.45) is 4.96. The van der Waals surface area contributed by atoms with Crippen LogP contribution >= 0.6 is 0 Å². The van der Waals surface area contributed by atoms with Gasteiger partial charge in [-0.15, -0.1) is 0 Å². The van der Waals surface area contributed by atoms with Crippen LogP contribution in [-0.4, -0.2) is 24.2 Å². The van der Waals surface area contributed by atoms with E-state index in [1.54, 1.807) is 6.92 Å². The minimum absolute atomic E-state index is 0.212. The van der Waals surface area contributed by atoms with Crippen molar-refractivity contribution in [2.45, 2.75) is 26.2 Å². The Balaban J connectivity index is 2.25. The zero-order valence-corrected chi connectivity index (χ0v) is 8.05. The largest absolute Gasteiger partial charge is 0.481 e. The summed E-state index contributed by atoms with van der Waals surface area (Å²) in [5, 5.41) is 11.9. The van der Waals surface area contributed by atoms with Gasteiger partial charge in [-0.1, -0.05) is 18.6 Å². The Hall–Kier alpha value is -0.830. The van der Waals surface area contributed by atoms with Gasteiger partial charge in [-0.05, 0) is 25.8 Å². The van der Waals surface area contributed by atoms with Crippen LogP contribution in [0, 0.1) is 5.92 Å². The van der Waals surface area contributed by atoms with Gasteiger partial charge in [0.05, 0.1) is 5.92 Å². The van der Waals surface area contributed by atoms with Crippen molar-refractivity contribution >= 4 is 5.97 Å². The molecule has 0 aliphatic carbocycles. The molecule has 1 heterocycles. The number of rotatable bonds is 4. The van der Waals surface area contributed by atoms with Crippen molar-refractivity contribution in [1.82, 2.24) is 5.32 Å². The standard InChI is InChI=1S/C10H17NO2/c1-8(10(12)13)2-3-9-4-6-11-7-5-9/h4,8,11H,2-3,5-7H2,1H3,(H,12,13). The molecule has 0 fully saturated rings. The summed E-state index contributed by atoms with van der Waals surface area (Å²) in [5.74, 6) is -0.898. The van der Waals surface area contributed by atoms with E-state index < -0.39 is 5.97 Å². The van der Waals surface area contributed by atoms with Gasteiger partial charge in [-0.3, -0.25) is 4.79 Å². The average Bonchev–Trinajstić information content (AvgIpc) is 2.15. The Labute approximate surface area is 78.8 Å². The second kappa shape index (κ2) is 5.02. The summed E-state index contributed by atoms with van der Waals surface area (Å²) in [7, 11) is 0. The number of hydrogen-bond donors (Lipinski definition) is 2. The summed E-state index contributed by atoms with van der Waals surface area (Å²) in [5.41, 5.74) is 1.41. The maximum Gasteiger partial charge on any atom is 0.306 e. The van der Waals surface area contributed by atoms with Gasteiger partial charge in [0.1, 0.15) is 0 Å². The number of carboxylic acids is 1. The molecule has 1 aliphatic rings. The minimum atomic E-state index is -0.686. The molecule has 0 aromatic rings. The van der Waals surface area contributed by atoms with Gasteiger partial charge >= 0.3 is 5.97 Å². The fraction of sp³-hybridized carbons (Fsp3) is 0.700. The van der Waals surface area contributed by atoms with Crippen LogP contribution in [0.1, 0.15) is 26.2 Å². The van der Waals surface area contributed by atoms with E-state index in [2.05, 4.69) is 11.4 Å². The second-order valence-corrected chi connectivity index (χ2v) is 3.59. The summed E-state index contributed by atoms with van der Waals surface area (Å²) in [6, 6.07) is 0. The lowest BCUT2D eigenvalue weighted by Crippen LogP contribution is -2.21. The number of carboxylic acid groups (broad SMARTS) is 1. The lowest BCUT2D eigenvalue weighted by atomic mass is 9.98. The molecule has 0 bridgehead atoms. The summed E-state index contributed by atoms with van der Waals surface area (Å²) in [4.78, 5) is 10.5. The van der Waals surface area contributed by atoms with E-state index in [-0.39, 0.29) is 5.92 Å². The smallest absolute Gasteiger partial charge is 0.306 e. The SMILES string of the molecule is CC(CCC1=CCNCC1)C(=O)O. The molecule has 74 valence electrons. The van der Waals surface area contributed by atoms with E-state index in [1.165, 1.54) is 5.57 Å². The molecule has 0 saturated carbocycles. The lowest BCUT2D eigenvalue weighted by Gasteiger charge is -2.14. The zero-order valence-electron chi connectivity index (χ0n) is 8.05. The quantitative estimate of drug-likeness (QED) is 0.648. The highest BCUT2D eigenvalue weighted by atomic mass is 16.4. The first kappa shape index (κ1) is 10.3. The Bertz CT molecular complexity index is 211. The third-order valence-corrected chi connectivity index (χ3v) is 2.48. The normalized spacial score (nSPS) is 19.3. The van der Waals surface area contributed by atoms with Crippen LogP contribution in [-0.2, 0) is 4.79 Å². The van der Waals surface area contributed by atoms with Crippen LogP contribution in [0.2, 0.25) is 0 Å². The molecule has 0 aromatic heterocycles. The van der Waals surface area contributed by atoms with Crippen LogP contribution in [0.15, 0.2) is 11.6 Å². The number of aliphatic carboxylic acids is 1. The number of nitrogens with one attached hydrogen (secondary N) is 1. The Morgan fingerprint density at radius 3 is 3.08 bits per heavy atom. The molecule has 1 rings (SSSR count). The van der Waals surface area contributed by atoms with Crippen LogP contribution in [0.25, 0.3) is 0 Å². The number of carbonyl (C=O) groups is 1. The Morgan fingerprint density at radius 2 is 2.54 bits per heavy atom. The van der Waals surface area contributed by atoms with Crippen molar-refractivity contribution in [2.75, 3.05) is 13.1 Å². The van der Waals surface area contributed by atoms with Gasteiger partial charge in [0.25, 0.3) is 0 Å². The third-order valence-electron chi connectivity index (χ3n) is 2.48. The van der Waals surface area contributed by atoms with E-state index in [0.29, 0.717) is 0 Å². The molecule has 13 heavy (non-hydrogen) atoms. The molecule has 1 unspecified atom stereocenters. The maximum atomic E-state index is 10.5. The molecule has 0 saturated heterocycles. The van der Waals surface area contributed by atoms with Gasteiger partial charge in [0.15, 0.2) is 0 Å². The van der Waals surface area contributed by atoms with Crippen molar-refractivity contribution in [3.05, 3.63) is 11.6 Å². The highest BCUT2D eigenvalue weighted by Gasteiger charge is 2.11. The molecule has 3 heteroatoms. The topological polar surface area (TPSA) is 49.3 Å². The monoisotopic (exact) mass is 183 g/mol. The van der Waals surface area contributed by atoms with Gasteiger partial charge in [-0.25, -0.2) is 0 Å². The van der Waals surface area contributed by atoms with Gasteiger partial charge in [-0.2, -0.15) is 0 Å². The molecule has 0 spiro atoms.